The second kappa shape index (κ2) is 9.70. The summed E-state index contributed by atoms with van der Waals surface area (Å²) in [5.41, 5.74) is 0.987. The molecule has 0 atom stereocenters. The first-order valence-corrected chi connectivity index (χ1v) is 8.03. The van der Waals surface area contributed by atoms with Gasteiger partial charge in [-0.1, -0.05) is 28.1 Å². The van der Waals surface area contributed by atoms with Crippen LogP contribution in [0.3, 0.4) is 0 Å². The van der Waals surface area contributed by atoms with Gasteiger partial charge in [-0.2, -0.15) is 0 Å². The number of likely N-dealkylation sites (N-methyl/N-ethyl adjacent to an activating group) is 1. The van der Waals surface area contributed by atoms with E-state index in [9.17, 15) is 9.59 Å². The van der Waals surface area contributed by atoms with Crippen molar-refractivity contribution in [3.8, 4) is 0 Å². The fourth-order valence-corrected chi connectivity index (χ4v) is 2.71. The van der Waals surface area contributed by atoms with Crippen LogP contribution in [0.4, 0.5) is 0 Å². The highest BCUT2D eigenvalue weighted by molar-refractivity contribution is 9.10. The topological polar surface area (TPSA) is 52.7 Å². The minimum Gasteiger partial charge on any atom is -0.358 e. The number of piperazine rings is 1. The van der Waals surface area contributed by atoms with Gasteiger partial charge in [0.05, 0.1) is 6.54 Å². The summed E-state index contributed by atoms with van der Waals surface area (Å²) in [5.74, 6) is 0.0221. The second-order valence-corrected chi connectivity index (χ2v) is 6.08. The Morgan fingerprint density at radius 3 is 2.57 bits per heavy atom. The van der Waals surface area contributed by atoms with Gasteiger partial charge in [-0.15, -0.1) is 12.4 Å². The maximum atomic E-state index is 12.2. The van der Waals surface area contributed by atoms with Crippen molar-refractivity contribution in [3.63, 3.8) is 0 Å². The lowest BCUT2D eigenvalue weighted by atomic mass is 10.2. The molecule has 1 aliphatic heterocycles. The van der Waals surface area contributed by atoms with E-state index in [0.29, 0.717) is 19.6 Å². The third kappa shape index (κ3) is 6.33. The van der Waals surface area contributed by atoms with Crippen LogP contribution >= 0.6 is 28.3 Å². The van der Waals surface area contributed by atoms with Crippen LogP contribution in [0.2, 0.25) is 0 Å². The van der Waals surface area contributed by atoms with Crippen molar-refractivity contribution in [2.45, 2.75) is 0 Å². The van der Waals surface area contributed by atoms with Gasteiger partial charge in [0, 0.05) is 43.8 Å². The van der Waals surface area contributed by atoms with E-state index in [-0.39, 0.29) is 24.2 Å². The van der Waals surface area contributed by atoms with Crippen molar-refractivity contribution in [3.05, 3.63) is 40.4 Å². The summed E-state index contributed by atoms with van der Waals surface area (Å²) in [4.78, 5) is 27.4. The fourth-order valence-electron chi connectivity index (χ4n) is 2.29. The van der Waals surface area contributed by atoms with E-state index in [1.807, 2.05) is 35.2 Å². The number of benzene rings is 1. The first-order valence-electron chi connectivity index (χ1n) is 7.24. The highest BCUT2D eigenvalue weighted by Gasteiger charge is 2.20. The van der Waals surface area contributed by atoms with Gasteiger partial charge in [0.2, 0.25) is 11.8 Å². The smallest absolute Gasteiger partial charge is 0.246 e. The summed E-state index contributed by atoms with van der Waals surface area (Å²) in [6.45, 7) is 3.15. The predicted molar refractivity (Wildman–Crippen MR) is 97.5 cm³/mol. The molecular weight excluding hydrogens is 382 g/mol. The maximum absolute atomic E-state index is 12.2. The zero-order valence-corrected chi connectivity index (χ0v) is 15.4. The number of halogens is 2. The molecule has 1 saturated heterocycles. The summed E-state index contributed by atoms with van der Waals surface area (Å²) in [7, 11) is 1.63. The molecule has 0 aromatic heterocycles. The molecule has 2 amide bonds. The monoisotopic (exact) mass is 401 g/mol. The Balaban J connectivity index is 0.00000264. The van der Waals surface area contributed by atoms with Crippen LogP contribution in [0.5, 0.6) is 0 Å². The Bertz CT molecular complexity index is 572. The molecule has 126 valence electrons. The van der Waals surface area contributed by atoms with Crippen LogP contribution in [-0.2, 0) is 9.59 Å². The lowest BCUT2D eigenvalue weighted by Crippen LogP contribution is -2.50. The first kappa shape index (κ1) is 19.7. The summed E-state index contributed by atoms with van der Waals surface area (Å²) in [6, 6.07) is 7.80. The molecule has 1 aromatic carbocycles. The van der Waals surface area contributed by atoms with Gasteiger partial charge < -0.3 is 10.2 Å². The third-order valence-electron chi connectivity index (χ3n) is 3.60. The molecule has 7 heteroatoms. The number of rotatable bonds is 4. The number of amides is 2. The van der Waals surface area contributed by atoms with E-state index < -0.39 is 0 Å². The molecule has 1 aliphatic rings. The van der Waals surface area contributed by atoms with Crippen molar-refractivity contribution in [1.82, 2.24) is 15.1 Å². The molecule has 0 unspecified atom stereocenters. The molecular formula is C16H21BrClN3O2. The molecule has 0 saturated carbocycles. The van der Waals surface area contributed by atoms with E-state index in [2.05, 4.69) is 26.1 Å². The maximum Gasteiger partial charge on any atom is 0.246 e. The number of hydrogen-bond donors (Lipinski definition) is 1. The Hall–Kier alpha value is -1.37. The van der Waals surface area contributed by atoms with Gasteiger partial charge in [-0.05, 0) is 23.8 Å². The van der Waals surface area contributed by atoms with Crippen molar-refractivity contribution in [2.24, 2.45) is 0 Å². The predicted octanol–water partition coefficient (Wildman–Crippen LogP) is 1.77. The van der Waals surface area contributed by atoms with Gasteiger partial charge in [-0.3, -0.25) is 14.5 Å². The molecule has 1 heterocycles. The quantitative estimate of drug-likeness (QED) is 0.781. The largest absolute Gasteiger partial charge is 0.358 e. The second-order valence-electron chi connectivity index (χ2n) is 5.16. The van der Waals surface area contributed by atoms with Crippen LogP contribution in [0.25, 0.3) is 6.08 Å². The normalized spacial score (nSPS) is 15.3. The molecule has 1 fully saturated rings. The number of nitrogens with one attached hydrogen (secondary N) is 1. The highest BCUT2D eigenvalue weighted by atomic mass is 79.9. The Morgan fingerprint density at radius 1 is 1.26 bits per heavy atom. The van der Waals surface area contributed by atoms with Gasteiger partial charge in [-0.25, -0.2) is 0 Å². The highest BCUT2D eigenvalue weighted by Crippen LogP contribution is 2.13. The van der Waals surface area contributed by atoms with E-state index >= 15 is 0 Å². The lowest BCUT2D eigenvalue weighted by Gasteiger charge is -2.33. The van der Waals surface area contributed by atoms with Crippen LogP contribution in [0, 0.1) is 0 Å². The SMILES string of the molecule is CNC(=O)CN1CCN(C(=O)C=Cc2cccc(Br)c2)CC1.Cl. The van der Waals surface area contributed by atoms with Crippen LogP contribution in [0.1, 0.15) is 5.56 Å². The molecule has 1 aromatic rings. The minimum atomic E-state index is 0. The molecule has 5 nitrogen and oxygen atoms in total. The number of carbonyl (C=O) groups excluding carboxylic acids is 2. The summed E-state index contributed by atoms with van der Waals surface area (Å²) >= 11 is 3.41. The number of nitrogens with zero attached hydrogens (tertiary/aromatic N) is 2. The van der Waals surface area contributed by atoms with E-state index in [1.165, 1.54) is 0 Å². The van der Waals surface area contributed by atoms with Crippen molar-refractivity contribution in [2.75, 3.05) is 39.8 Å². The zero-order chi connectivity index (χ0) is 15.9. The van der Waals surface area contributed by atoms with Gasteiger partial charge >= 0.3 is 0 Å². The average molecular weight is 403 g/mol. The summed E-state index contributed by atoms with van der Waals surface area (Å²) < 4.78 is 0.991. The minimum absolute atomic E-state index is 0. The summed E-state index contributed by atoms with van der Waals surface area (Å²) in [6.07, 6.45) is 3.43. The molecule has 2 rings (SSSR count). The van der Waals surface area contributed by atoms with Gasteiger partial charge in [0.15, 0.2) is 0 Å². The summed E-state index contributed by atoms with van der Waals surface area (Å²) in [5, 5.41) is 2.61. The number of hydrogen-bond acceptors (Lipinski definition) is 3. The van der Waals surface area contributed by atoms with Crippen LogP contribution < -0.4 is 5.32 Å². The molecule has 23 heavy (non-hydrogen) atoms. The lowest BCUT2D eigenvalue weighted by molar-refractivity contribution is -0.128. The van der Waals surface area contributed by atoms with E-state index in [4.69, 9.17) is 0 Å². The Morgan fingerprint density at radius 2 is 1.96 bits per heavy atom. The molecule has 1 N–H and O–H groups in total. The number of carbonyl (C=O) groups is 2. The van der Waals surface area contributed by atoms with Crippen molar-refractivity contribution < 1.29 is 9.59 Å². The molecule has 0 bridgehead atoms. The Kier molecular flexibility index (Phi) is 8.30. The van der Waals surface area contributed by atoms with Gasteiger partial charge in [0.25, 0.3) is 0 Å². The Labute approximate surface area is 151 Å². The fraction of sp³-hybridized carbons (Fsp3) is 0.375. The van der Waals surface area contributed by atoms with E-state index in [0.717, 1.165) is 23.1 Å². The molecule has 0 radical (unpaired) electrons. The van der Waals surface area contributed by atoms with Crippen LogP contribution in [0.15, 0.2) is 34.8 Å². The van der Waals surface area contributed by atoms with Crippen molar-refractivity contribution in [1.29, 1.82) is 0 Å². The average Bonchev–Trinajstić information content (AvgIpc) is 2.53. The first-order chi connectivity index (χ1) is 10.6. The molecule has 0 aliphatic carbocycles. The van der Waals surface area contributed by atoms with E-state index in [1.54, 1.807) is 13.1 Å². The zero-order valence-electron chi connectivity index (χ0n) is 13.0. The van der Waals surface area contributed by atoms with Crippen LogP contribution in [-0.4, -0.2) is 61.4 Å². The van der Waals surface area contributed by atoms with Gasteiger partial charge in [0.1, 0.15) is 0 Å². The van der Waals surface area contributed by atoms with Crippen molar-refractivity contribution >= 4 is 46.2 Å². The molecule has 0 spiro atoms. The third-order valence-corrected chi connectivity index (χ3v) is 4.09. The standard InChI is InChI=1S/C16H20BrN3O2.ClH/c1-18-15(21)12-19-7-9-20(10-8-19)16(22)6-5-13-3-2-4-14(17)11-13;/h2-6,11H,7-10,12H2,1H3,(H,18,21);1H.